The summed E-state index contributed by atoms with van der Waals surface area (Å²) in [7, 11) is 0. The van der Waals surface area contributed by atoms with E-state index >= 15 is 0 Å². The molecule has 1 aromatic carbocycles. The van der Waals surface area contributed by atoms with Crippen LogP contribution in [0.2, 0.25) is 0 Å². The molecular weight excluding hydrogens is 341 g/mol. The van der Waals surface area contributed by atoms with Crippen molar-refractivity contribution < 1.29 is 19.0 Å². The third-order valence-electron chi connectivity index (χ3n) is 4.54. The van der Waals surface area contributed by atoms with Gasteiger partial charge in [0.2, 0.25) is 5.43 Å². The first-order valence-corrected chi connectivity index (χ1v) is 8.71. The van der Waals surface area contributed by atoms with Crippen LogP contribution < -0.4 is 20.4 Å². The highest BCUT2D eigenvalue weighted by Crippen LogP contribution is 2.38. The van der Waals surface area contributed by atoms with Crippen molar-refractivity contribution >= 4 is 22.6 Å². The van der Waals surface area contributed by atoms with Crippen molar-refractivity contribution in [1.29, 1.82) is 0 Å². The molecule has 8 heteroatoms. The van der Waals surface area contributed by atoms with Crippen molar-refractivity contribution in [3.8, 4) is 5.75 Å². The molecule has 2 N–H and O–H groups in total. The smallest absolute Gasteiger partial charge is 0.341 e. The molecule has 0 radical (unpaired) electrons. The summed E-state index contributed by atoms with van der Waals surface area (Å²) in [6, 6.07) is 1.14. The lowest BCUT2D eigenvalue weighted by Crippen LogP contribution is -2.44. The minimum absolute atomic E-state index is 0.0200. The van der Waals surface area contributed by atoms with Gasteiger partial charge >= 0.3 is 5.97 Å². The van der Waals surface area contributed by atoms with Crippen molar-refractivity contribution in [3.63, 3.8) is 0 Å². The molecule has 1 aliphatic rings. The van der Waals surface area contributed by atoms with E-state index in [2.05, 4.69) is 5.32 Å². The predicted molar refractivity (Wildman–Crippen MR) is 97.1 cm³/mol. The molecule has 3 rings (SSSR count). The standard InChI is InChI=1S/C18H22FN3O4/c1-3-21-10-12(18(24)25)16(23)11-9-13(19)15(17(14(11)21)26-4-2)22-7-5-20-6-8-22/h9-10,20H,3-8H2,1-2H3,(H,24,25). The van der Waals surface area contributed by atoms with Crippen molar-refractivity contribution in [2.24, 2.45) is 0 Å². The summed E-state index contributed by atoms with van der Waals surface area (Å²) in [6.07, 6.45) is 1.30. The lowest BCUT2D eigenvalue weighted by atomic mass is 10.1. The van der Waals surface area contributed by atoms with Gasteiger partial charge in [-0.1, -0.05) is 0 Å². The van der Waals surface area contributed by atoms with Crippen molar-refractivity contribution in [2.45, 2.75) is 20.4 Å². The molecule has 0 unspecified atom stereocenters. The highest BCUT2D eigenvalue weighted by atomic mass is 19.1. The predicted octanol–water partition coefficient (Wildman–Crippen LogP) is 1.67. The van der Waals surface area contributed by atoms with Crippen LogP contribution in [0.5, 0.6) is 5.75 Å². The molecule has 0 atom stereocenters. The summed E-state index contributed by atoms with van der Waals surface area (Å²) in [5, 5.41) is 12.5. The zero-order valence-corrected chi connectivity index (χ0v) is 14.8. The molecule has 2 heterocycles. The number of carboxylic acid groups (broad SMARTS) is 1. The summed E-state index contributed by atoms with van der Waals surface area (Å²) in [5.41, 5.74) is -0.329. The van der Waals surface area contributed by atoms with Gasteiger partial charge in [0.05, 0.1) is 17.5 Å². The number of halogens is 1. The SMILES string of the molecule is CCOc1c(N2CCNCC2)c(F)cc2c(=O)c(C(=O)O)cn(CC)c12. The Morgan fingerprint density at radius 1 is 1.35 bits per heavy atom. The number of fused-ring (bicyclic) bond motifs is 1. The molecule has 0 bridgehead atoms. The van der Waals surface area contributed by atoms with Gasteiger partial charge in [-0.25, -0.2) is 9.18 Å². The Kier molecular flexibility index (Phi) is 5.13. The minimum atomic E-state index is -1.33. The highest BCUT2D eigenvalue weighted by Gasteiger charge is 2.26. The normalized spacial score (nSPS) is 14.7. The summed E-state index contributed by atoms with van der Waals surface area (Å²) < 4.78 is 22.4. The first kappa shape index (κ1) is 18.2. The maximum atomic E-state index is 15.0. The second kappa shape index (κ2) is 7.33. The van der Waals surface area contributed by atoms with E-state index < -0.39 is 17.2 Å². The number of hydrogen-bond acceptors (Lipinski definition) is 5. The molecule has 2 aromatic rings. The molecule has 0 spiro atoms. The zero-order valence-electron chi connectivity index (χ0n) is 14.8. The lowest BCUT2D eigenvalue weighted by molar-refractivity contribution is 0.0695. The number of aryl methyl sites for hydroxylation is 1. The average Bonchev–Trinajstić information content (AvgIpc) is 2.63. The molecule has 0 aliphatic carbocycles. The number of piperazine rings is 1. The molecule has 1 fully saturated rings. The number of ether oxygens (including phenoxy) is 1. The molecule has 0 amide bonds. The third-order valence-corrected chi connectivity index (χ3v) is 4.54. The topological polar surface area (TPSA) is 83.8 Å². The van der Waals surface area contributed by atoms with Gasteiger partial charge < -0.3 is 24.6 Å². The molecule has 26 heavy (non-hydrogen) atoms. The highest BCUT2D eigenvalue weighted by molar-refractivity contribution is 5.97. The van der Waals surface area contributed by atoms with E-state index in [1.54, 1.807) is 11.5 Å². The van der Waals surface area contributed by atoms with E-state index in [0.717, 1.165) is 19.2 Å². The number of nitrogens with one attached hydrogen (secondary N) is 1. The van der Waals surface area contributed by atoms with E-state index in [4.69, 9.17) is 4.74 Å². The summed E-state index contributed by atoms with van der Waals surface area (Å²) in [5.74, 6) is -1.62. The number of nitrogens with zero attached hydrogens (tertiary/aromatic N) is 2. The van der Waals surface area contributed by atoms with Crippen LogP contribution in [0, 0.1) is 5.82 Å². The second-order valence-corrected chi connectivity index (χ2v) is 6.07. The third kappa shape index (κ3) is 3.01. The fourth-order valence-corrected chi connectivity index (χ4v) is 3.35. The number of aromatic nitrogens is 1. The molecule has 1 saturated heterocycles. The van der Waals surface area contributed by atoms with Crippen molar-refractivity contribution in [1.82, 2.24) is 9.88 Å². The van der Waals surface area contributed by atoms with Crippen LogP contribution in [0.1, 0.15) is 24.2 Å². The van der Waals surface area contributed by atoms with Gasteiger partial charge in [-0.15, -0.1) is 0 Å². The maximum absolute atomic E-state index is 15.0. The van der Waals surface area contributed by atoms with Gasteiger partial charge in [0.1, 0.15) is 11.3 Å². The minimum Gasteiger partial charge on any atom is -0.489 e. The summed E-state index contributed by atoms with van der Waals surface area (Å²) in [4.78, 5) is 25.9. The number of aromatic carboxylic acids is 1. The van der Waals surface area contributed by atoms with Gasteiger partial charge in [0.25, 0.3) is 0 Å². The number of carboxylic acids is 1. The molecule has 140 valence electrons. The Morgan fingerprint density at radius 3 is 2.62 bits per heavy atom. The van der Waals surface area contributed by atoms with Gasteiger partial charge in [0.15, 0.2) is 11.6 Å². The number of anilines is 1. The monoisotopic (exact) mass is 363 g/mol. The van der Waals surface area contributed by atoms with Crippen LogP contribution in [-0.4, -0.2) is 48.4 Å². The van der Waals surface area contributed by atoms with Crippen LogP contribution in [0.25, 0.3) is 10.9 Å². The Labute approximate surface area is 150 Å². The van der Waals surface area contributed by atoms with Crippen molar-refractivity contribution in [2.75, 3.05) is 37.7 Å². The lowest BCUT2D eigenvalue weighted by Gasteiger charge is -2.31. The first-order chi connectivity index (χ1) is 12.5. The second-order valence-electron chi connectivity index (χ2n) is 6.07. The summed E-state index contributed by atoms with van der Waals surface area (Å²) in [6.45, 7) is 7.03. The molecule has 7 nitrogen and oxygen atoms in total. The van der Waals surface area contributed by atoms with E-state index in [0.29, 0.717) is 43.2 Å². The quantitative estimate of drug-likeness (QED) is 0.841. The van der Waals surface area contributed by atoms with Gasteiger partial charge in [0, 0.05) is 38.9 Å². The largest absolute Gasteiger partial charge is 0.489 e. The van der Waals surface area contributed by atoms with Crippen LogP contribution in [0.3, 0.4) is 0 Å². The van der Waals surface area contributed by atoms with E-state index in [-0.39, 0.29) is 10.9 Å². The number of carbonyl (C=O) groups is 1. The first-order valence-electron chi connectivity index (χ1n) is 8.71. The molecule has 0 saturated carbocycles. The molecular formula is C18H22FN3O4. The Morgan fingerprint density at radius 2 is 2.04 bits per heavy atom. The van der Waals surface area contributed by atoms with Crippen LogP contribution in [-0.2, 0) is 6.54 Å². The fourth-order valence-electron chi connectivity index (χ4n) is 3.35. The Balaban J connectivity index is 2.38. The number of benzene rings is 1. The summed E-state index contributed by atoms with van der Waals surface area (Å²) >= 11 is 0. The fraction of sp³-hybridized carbons (Fsp3) is 0.444. The molecule has 1 aliphatic heterocycles. The van der Waals surface area contributed by atoms with E-state index in [1.165, 1.54) is 6.20 Å². The average molecular weight is 363 g/mol. The van der Waals surface area contributed by atoms with Crippen LogP contribution in [0.15, 0.2) is 17.1 Å². The van der Waals surface area contributed by atoms with E-state index in [9.17, 15) is 19.1 Å². The zero-order chi connectivity index (χ0) is 18.8. The van der Waals surface area contributed by atoms with Gasteiger partial charge in [-0.05, 0) is 19.9 Å². The maximum Gasteiger partial charge on any atom is 0.341 e. The van der Waals surface area contributed by atoms with Crippen LogP contribution in [0.4, 0.5) is 10.1 Å². The van der Waals surface area contributed by atoms with Gasteiger partial charge in [-0.2, -0.15) is 0 Å². The van der Waals surface area contributed by atoms with Crippen molar-refractivity contribution in [3.05, 3.63) is 33.9 Å². The van der Waals surface area contributed by atoms with Gasteiger partial charge in [-0.3, -0.25) is 4.79 Å². The number of hydrogen-bond donors (Lipinski definition) is 2. The Bertz CT molecular complexity index is 904. The van der Waals surface area contributed by atoms with Crippen LogP contribution >= 0.6 is 0 Å². The van der Waals surface area contributed by atoms with E-state index in [1.807, 2.05) is 11.8 Å². The Hall–Kier alpha value is -2.61. The molecule has 1 aromatic heterocycles. The number of rotatable bonds is 5. The number of pyridine rings is 1.